The third-order valence-electron chi connectivity index (χ3n) is 4.21. The lowest BCUT2D eigenvalue weighted by atomic mass is 10.2. The number of likely N-dealkylation sites (tertiary alicyclic amines) is 1. The molecule has 0 spiro atoms. The maximum atomic E-state index is 6.04. The van der Waals surface area contributed by atoms with Gasteiger partial charge in [-0.2, -0.15) is 0 Å². The molecule has 0 amide bonds. The van der Waals surface area contributed by atoms with E-state index in [0.717, 1.165) is 24.1 Å². The van der Waals surface area contributed by atoms with E-state index >= 15 is 0 Å². The van der Waals surface area contributed by atoms with Gasteiger partial charge in [-0.1, -0.05) is 11.6 Å². The van der Waals surface area contributed by atoms with Gasteiger partial charge in [0.15, 0.2) is 5.96 Å². The minimum absolute atomic E-state index is 0.611. The van der Waals surface area contributed by atoms with Crippen molar-refractivity contribution in [2.45, 2.75) is 25.4 Å². The number of hydrogen-bond acceptors (Lipinski definition) is 2. The second-order valence-electron chi connectivity index (χ2n) is 5.82. The van der Waals surface area contributed by atoms with Gasteiger partial charge in [-0.3, -0.25) is 4.99 Å². The van der Waals surface area contributed by atoms with Crippen LogP contribution in [-0.2, 0) is 13.6 Å². The summed E-state index contributed by atoms with van der Waals surface area (Å²) in [6.45, 7) is 2.92. The molecule has 5 nitrogen and oxygen atoms in total. The second kappa shape index (κ2) is 7.18. The minimum atomic E-state index is 0.611. The topological polar surface area (TPSA) is 35.8 Å². The molecule has 0 aromatic carbocycles. The monoisotopic (exact) mass is 311 g/mol. The average molecular weight is 312 g/mol. The van der Waals surface area contributed by atoms with Crippen molar-refractivity contribution in [3.8, 4) is 0 Å². The van der Waals surface area contributed by atoms with Crippen LogP contribution >= 0.6 is 11.6 Å². The van der Waals surface area contributed by atoms with Crippen molar-refractivity contribution in [1.29, 1.82) is 0 Å². The smallest absolute Gasteiger partial charge is 0.193 e. The first-order valence-corrected chi connectivity index (χ1v) is 7.82. The number of likely N-dealkylation sites (N-methyl/N-ethyl adjacent to an activating group) is 1. The first kappa shape index (κ1) is 16.2. The zero-order valence-electron chi connectivity index (χ0n) is 13.4. The van der Waals surface area contributed by atoms with Crippen LogP contribution < -0.4 is 5.32 Å². The van der Waals surface area contributed by atoms with Crippen molar-refractivity contribution in [1.82, 2.24) is 19.7 Å². The van der Waals surface area contributed by atoms with Gasteiger partial charge in [0.05, 0.1) is 11.6 Å². The predicted octanol–water partition coefficient (Wildman–Crippen LogP) is 1.78. The summed E-state index contributed by atoms with van der Waals surface area (Å²) < 4.78 is 2.05. The van der Waals surface area contributed by atoms with Crippen LogP contribution in [0, 0.1) is 0 Å². The molecule has 0 aliphatic carbocycles. The molecule has 1 N–H and O–H groups in total. The molecule has 1 saturated heterocycles. The fourth-order valence-corrected chi connectivity index (χ4v) is 3.14. The fraction of sp³-hybridized carbons (Fsp3) is 0.667. The third kappa shape index (κ3) is 4.14. The Morgan fingerprint density at radius 3 is 2.81 bits per heavy atom. The Morgan fingerprint density at radius 1 is 1.52 bits per heavy atom. The van der Waals surface area contributed by atoms with Crippen LogP contribution in [0.1, 0.15) is 18.5 Å². The number of nitrogens with zero attached hydrogens (tertiary/aromatic N) is 4. The second-order valence-corrected chi connectivity index (χ2v) is 6.26. The summed E-state index contributed by atoms with van der Waals surface area (Å²) in [4.78, 5) is 8.92. The highest BCUT2D eigenvalue weighted by molar-refractivity contribution is 6.30. The number of aliphatic imine (C=N–C) groups is 1. The molecule has 1 unspecified atom stereocenters. The van der Waals surface area contributed by atoms with E-state index in [1.807, 2.05) is 26.4 Å². The van der Waals surface area contributed by atoms with Crippen molar-refractivity contribution in [2.75, 3.05) is 34.2 Å². The zero-order chi connectivity index (χ0) is 15.4. The summed E-state index contributed by atoms with van der Waals surface area (Å²) in [5.41, 5.74) is 1.17. The molecular formula is C15H26ClN5. The molecule has 1 fully saturated rings. The van der Waals surface area contributed by atoms with E-state index in [1.165, 1.54) is 25.1 Å². The molecule has 0 bridgehead atoms. The van der Waals surface area contributed by atoms with Crippen molar-refractivity contribution in [3.05, 3.63) is 23.0 Å². The Kier molecular flexibility index (Phi) is 5.53. The Hall–Kier alpha value is -1.20. The summed E-state index contributed by atoms with van der Waals surface area (Å²) in [7, 11) is 8.08. The molecule has 21 heavy (non-hydrogen) atoms. The van der Waals surface area contributed by atoms with Gasteiger partial charge in [0.25, 0.3) is 0 Å². The normalized spacial score (nSPS) is 20.0. The Labute approximate surface area is 132 Å². The number of aryl methyl sites for hydroxylation is 1. The quantitative estimate of drug-likeness (QED) is 0.680. The fourth-order valence-electron chi connectivity index (χ4n) is 2.87. The summed E-state index contributed by atoms with van der Waals surface area (Å²) in [6, 6.07) is 2.61. The standard InChI is InChI=1S/C15H26ClN5/c1-17-15(18-9-13-6-5-7-19(13)2)21(4)11-14-8-12(16)10-20(14)3/h8,10,13H,5-7,9,11H2,1-4H3,(H,17,18). The van der Waals surface area contributed by atoms with Crippen molar-refractivity contribution < 1.29 is 0 Å². The van der Waals surface area contributed by atoms with Gasteiger partial charge in [-0.25, -0.2) is 0 Å². The molecule has 6 heteroatoms. The van der Waals surface area contributed by atoms with Gasteiger partial charge >= 0.3 is 0 Å². The van der Waals surface area contributed by atoms with Gasteiger partial charge in [-0.15, -0.1) is 0 Å². The number of hydrogen-bond donors (Lipinski definition) is 1. The molecule has 2 rings (SSSR count). The molecular weight excluding hydrogens is 286 g/mol. The summed E-state index contributed by atoms with van der Waals surface area (Å²) in [5, 5.41) is 4.25. The Bertz CT molecular complexity index is 496. The number of aromatic nitrogens is 1. The highest BCUT2D eigenvalue weighted by atomic mass is 35.5. The summed E-state index contributed by atoms with van der Waals surface area (Å²) in [6.07, 6.45) is 4.48. The van der Waals surface area contributed by atoms with E-state index in [-0.39, 0.29) is 0 Å². The number of nitrogens with one attached hydrogen (secondary N) is 1. The minimum Gasteiger partial charge on any atom is -0.355 e. The Balaban J connectivity index is 1.89. The lowest BCUT2D eigenvalue weighted by molar-refractivity contribution is 0.306. The molecule has 1 aliphatic heterocycles. The first-order chi connectivity index (χ1) is 10.0. The first-order valence-electron chi connectivity index (χ1n) is 7.44. The van der Waals surface area contributed by atoms with E-state index in [0.29, 0.717) is 6.04 Å². The van der Waals surface area contributed by atoms with E-state index in [4.69, 9.17) is 11.6 Å². The van der Waals surface area contributed by atoms with Crippen LogP contribution in [0.2, 0.25) is 5.02 Å². The molecule has 1 aromatic rings. The summed E-state index contributed by atoms with van der Waals surface area (Å²) in [5.74, 6) is 0.924. The van der Waals surface area contributed by atoms with Gasteiger partial charge in [0.2, 0.25) is 0 Å². The molecule has 1 aliphatic rings. The predicted molar refractivity (Wildman–Crippen MR) is 88.9 cm³/mol. The van der Waals surface area contributed by atoms with Crippen LogP contribution in [0.4, 0.5) is 0 Å². The lowest BCUT2D eigenvalue weighted by Crippen LogP contribution is -2.44. The Morgan fingerprint density at radius 2 is 2.29 bits per heavy atom. The summed E-state index contributed by atoms with van der Waals surface area (Å²) >= 11 is 6.04. The average Bonchev–Trinajstić information content (AvgIpc) is 2.97. The number of guanidine groups is 1. The van der Waals surface area contributed by atoms with E-state index < -0.39 is 0 Å². The van der Waals surface area contributed by atoms with Crippen LogP contribution in [0.15, 0.2) is 17.3 Å². The van der Waals surface area contributed by atoms with Crippen molar-refractivity contribution in [2.24, 2.45) is 12.0 Å². The van der Waals surface area contributed by atoms with Gasteiger partial charge in [-0.05, 0) is 32.5 Å². The number of rotatable bonds is 4. The van der Waals surface area contributed by atoms with E-state index in [2.05, 4.69) is 38.8 Å². The molecule has 0 radical (unpaired) electrons. The number of halogens is 1. The largest absolute Gasteiger partial charge is 0.355 e. The molecule has 118 valence electrons. The maximum Gasteiger partial charge on any atom is 0.193 e. The van der Waals surface area contributed by atoms with Gasteiger partial charge < -0.3 is 19.7 Å². The third-order valence-corrected chi connectivity index (χ3v) is 4.42. The van der Waals surface area contributed by atoms with E-state index in [1.54, 1.807) is 0 Å². The van der Waals surface area contributed by atoms with E-state index in [9.17, 15) is 0 Å². The van der Waals surface area contributed by atoms with Crippen molar-refractivity contribution >= 4 is 17.6 Å². The molecule has 1 aromatic heterocycles. The zero-order valence-corrected chi connectivity index (χ0v) is 14.2. The SMILES string of the molecule is CN=C(NCC1CCCN1C)N(C)Cc1cc(Cl)cn1C. The van der Waals surface area contributed by atoms with Crippen molar-refractivity contribution in [3.63, 3.8) is 0 Å². The molecule has 0 saturated carbocycles. The van der Waals surface area contributed by atoms with Crippen LogP contribution in [0.25, 0.3) is 0 Å². The maximum absolute atomic E-state index is 6.04. The van der Waals surface area contributed by atoms with Crippen LogP contribution in [0.3, 0.4) is 0 Å². The van der Waals surface area contributed by atoms with Gasteiger partial charge in [0, 0.05) is 45.6 Å². The molecule has 1 atom stereocenters. The van der Waals surface area contributed by atoms with Crippen LogP contribution in [-0.4, -0.2) is 60.6 Å². The highest BCUT2D eigenvalue weighted by Crippen LogP contribution is 2.15. The van der Waals surface area contributed by atoms with Crippen LogP contribution in [0.5, 0.6) is 0 Å². The highest BCUT2D eigenvalue weighted by Gasteiger charge is 2.21. The molecule has 2 heterocycles. The van der Waals surface area contributed by atoms with Gasteiger partial charge in [0.1, 0.15) is 0 Å². The lowest BCUT2D eigenvalue weighted by Gasteiger charge is -2.25.